The third kappa shape index (κ3) is 2.90. The number of aryl methyl sites for hydroxylation is 1. The molecule has 0 saturated carbocycles. The predicted molar refractivity (Wildman–Crippen MR) is 81.0 cm³/mol. The number of nitrogens with zero attached hydrogens (tertiary/aromatic N) is 3. The molecule has 0 N–H and O–H groups in total. The molecule has 0 aliphatic rings. The van der Waals surface area contributed by atoms with Crippen molar-refractivity contribution < 1.29 is 14.3 Å². The molecular formula is C16H19N3O3. The molecule has 1 heterocycles. The van der Waals surface area contributed by atoms with Gasteiger partial charge >= 0.3 is 12.0 Å². The SMILES string of the molecule is COC(=O)c1ccccc1C(C)(C)c1nc(C)nc(OC)n1. The Balaban J connectivity index is 2.60. The van der Waals surface area contributed by atoms with Crippen LogP contribution in [0.1, 0.15) is 41.4 Å². The van der Waals surface area contributed by atoms with E-state index in [9.17, 15) is 4.79 Å². The lowest BCUT2D eigenvalue weighted by Crippen LogP contribution is -2.26. The van der Waals surface area contributed by atoms with Gasteiger partial charge < -0.3 is 9.47 Å². The lowest BCUT2D eigenvalue weighted by molar-refractivity contribution is 0.0598. The van der Waals surface area contributed by atoms with Crippen LogP contribution in [0.25, 0.3) is 0 Å². The van der Waals surface area contributed by atoms with Gasteiger partial charge in [0.25, 0.3) is 0 Å². The molecule has 0 amide bonds. The van der Waals surface area contributed by atoms with Gasteiger partial charge in [0.1, 0.15) is 11.6 Å². The zero-order chi connectivity index (χ0) is 16.3. The fourth-order valence-electron chi connectivity index (χ4n) is 2.26. The first-order valence-electron chi connectivity index (χ1n) is 6.85. The molecule has 6 nitrogen and oxygen atoms in total. The molecule has 0 saturated heterocycles. The van der Waals surface area contributed by atoms with Gasteiger partial charge in [-0.05, 0) is 32.4 Å². The second kappa shape index (κ2) is 6.09. The Morgan fingerprint density at radius 3 is 2.41 bits per heavy atom. The number of ether oxygens (including phenoxy) is 2. The minimum absolute atomic E-state index is 0.256. The molecule has 0 aliphatic carbocycles. The van der Waals surface area contributed by atoms with Gasteiger partial charge in [-0.3, -0.25) is 0 Å². The second-order valence-corrected chi connectivity index (χ2v) is 5.36. The normalized spacial score (nSPS) is 11.1. The number of hydrogen-bond acceptors (Lipinski definition) is 6. The van der Waals surface area contributed by atoms with Gasteiger partial charge in [-0.15, -0.1) is 0 Å². The third-order valence-electron chi connectivity index (χ3n) is 3.47. The predicted octanol–water partition coefficient (Wildman–Crippen LogP) is 2.30. The van der Waals surface area contributed by atoms with Crippen molar-refractivity contribution in [3.63, 3.8) is 0 Å². The van der Waals surface area contributed by atoms with E-state index in [0.29, 0.717) is 17.2 Å². The van der Waals surface area contributed by atoms with Gasteiger partial charge in [-0.25, -0.2) is 9.78 Å². The first-order valence-corrected chi connectivity index (χ1v) is 6.85. The molecule has 0 fully saturated rings. The van der Waals surface area contributed by atoms with Crippen LogP contribution in [-0.2, 0) is 10.2 Å². The molecule has 1 aromatic heterocycles. The topological polar surface area (TPSA) is 74.2 Å². The first kappa shape index (κ1) is 15.9. The fourth-order valence-corrected chi connectivity index (χ4v) is 2.26. The molecule has 2 rings (SSSR count). The molecule has 1 aromatic carbocycles. The van der Waals surface area contributed by atoms with Crippen LogP contribution in [-0.4, -0.2) is 35.1 Å². The highest BCUT2D eigenvalue weighted by Gasteiger charge is 2.31. The van der Waals surface area contributed by atoms with Crippen LogP contribution in [0.2, 0.25) is 0 Å². The van der Waals surface area contributed by atoms with E-state index in [1.54, 1.807) is 19.1 Å². The number of esters is 1. The summed E-state index contributed by atoms with van der Waals surface area (Å²) in [4.78, 5) is 24.8. The average molecular weight is 301 g/mol. The van der Waals surface area contributed by atoms with Crippen molar-refractivity contribution in [1.82, 2.24) is 15.0 Å². The van der Waals surface area contributed by atoms with Crippen molar-refractivity contribution in [2.75, 3.05) is 14.2 Å². The lowest BCUT2D eigenvalue weighted by Gasteiger charge is -2.25. The van der Waals surface area contributed by atoms with Crippen molar-refractivity contribution in [1.29, 1.82) is 0 Å². The number of methoxy groups -OCH3 is 2. The first-order chi connectivity index (χ1) is 10.4. The van der Waals surface area contributed by atoms with E-state index in [4.69, 9.17) is 9.47 Å². The molecule has 0 radical (unpaired) electrons. The average Bonchev–Trinajstić information content (AvgIpc) is 2.53. The Labute approximate surface area is 129 Å². The largest absolute Gasteiger partial charge is 0.467 e. The number of hydrogen-bond donors (Lipinski definition) is 0. The highest BCUT2D eigenvalue weighted by molar-refractivity contribution is 5.91. The van der Waals surface area contributed by atoms with E-state index < -0.39 is 5.41 Å². The minimum Gasteiger partial charge on any atom is -0.467 e. The summed E-state index contributed by atoms with van der Waals surface area (Å²) in [6.07, 6.45) is 0. The van der Waals surface area contributed by atoms with Crippen LogP contribution in [0.15, 0.2) is 24.3 Å². The van der Waals surface area contributed by atoms with Gasteiger partial charge in [-0.1, -0.05) is 18.2 Å². The summed E-state index contributed by atoms with van der Waals surface area (Å²) in [6.45, 7) is 5.67. The standard InChI is InChI=1S/C16H19N3O3/c1-10-17-14(19-15(18-10)22-5)16(2,3)12-9-7-6-8-11(12)13(20)21-4/h6-9H,1-5H3. The van der Waals surface area contributed by atoms with Gasteiger partial charge in [0, 0.05) is 0 Å². The zero-order valence-corrected chi connectivity index (χ0v) is 13.4. The second-order valence-electron chi connectivity index (χ2n) is 5.36. The van der Waals surface area contributed by atoms with Crippen molar-refractivity contribution in [3.05, 3.63) is 47.0 Å². The molecule has 22 heavy (non-hydrogen) atoms. The summed E-state index contributed by atoms with van der Waals surface area (Å²) in [5.74, 6) is 0.708. The van der Waals surface area contributed by atoms with E-state index in [1.165, 1.54) is 14.2 Å². The Hall–Kier alpha value is -2.50. The van der Waals surface area contributed by atoms with E-state index in [0.717, 1.165) is 5.56 Å². The van der Waals surface area contributed by atoms with E-state index >= 15 is 0 Å². The quantitative estimate of drug-likeness (QED) is 0.807. The van der Waals surface area contributed by atoms with Crippen LogP contribution in [0.3, 0.4) is 0 Å². The maximum atomic E-state index is 12.0. The van der Waals surface area contributed by atoms with Crippen LogP contribution in [0, 0.1) is 6.92 Å². The third-order valence-corrected chi connectivity index (χ3v) is 3.47. The van der Waals surface area contributed by atoms with E-state index in [-0.39, 0.29) is 12.0 Å². The van der Waals surface area contributed by atoms with E-state index in [2.05, 4.69) is 15.0 Å². The lowest BCUT2D eigenvalue weighted by atomic mass is 9.81. The molecule has 0 bridgehead atoms. The molecule has 0 aliphatic heterocycles. The van der Waals surface area contributed by atoms with Gasteiger partial charge in [0.2, 0.25) is 0 Å². The smallest absolute Gasteiger partial charge is 0.338 e. The fraction of sp³-hybridized carbons (Fsp3) is 0.375. The highest BCUT2D eigenvalue weighted by atomic mass is 16.5. The molecular weight excluding hydrogens is 282 g/mol. The maximum Gasteiger partial charge on any atom is 0.338 e. The summed E-state index contributed by atoms with van der Waals surface area (Å²) in [7, 11) is 2.87. The molecule has 6 heteroatoms. The molecule has 2 aromatic rings. The van der Waals surface area contributed by atoms with Crippen LogP contribution in [0.4, 0.5) is 0 Å². The monoisotopic (exact) mass is 301 g/mol. The summed E-state index contributed by atoms with van der Waals surface area (Å²) >= 11 is 0. The zero-order valence-electron chi connectivity index (χ0n) is 13.4. The van der Waals surface area contributed by atoms with Crippen LogP contribution in [0.5, 0.6) is 6.01 Å². The Bertz CT molecular complexity index is 699. The molecule has 0 spiro atoms. The molecule has 0 unspecified atom stereocenters. The molecule has 0 atom stereocenters. The van der Waals surface area contributed by atoms with Gasteiger partial charge in [0.05, 0.1) is 25.2 Å². The van der Waals surface area contributed by atoms with E-state index in [1.807, 2.05) is 26.0 Å². The number of carbonyl (C=O) groups excluding carboxylic acids is 1. The molecule has 116 valence electrons. The van der Waals surface area contributed by atoms with Gasteiger partial charge in [0.15, 0.2) is 0 Å². The van der Waals surface area contributed by atoms with Crippen LogP contribution < -0.4 is 4.74 Å². The van der Waals surface area contributed by atoms with Gasteiger partial charge in [-0.2, -0.15) is 9.97 Å². The number of rotatable bonds is 4. The highest BCUT2D eigenvalue weighted by Crippen LogP contribution is 2.32. The van der Waals surface area contributed by atoms with Crippen LogP contribution >= 0.6 is 0 Å². The van der Waals surface area contributed by atoms with Crippen molar-refractivity contribution in [2.45, 2.75) is 26.2 Å². The summed E-state index contributed by atoms with van der Waals surface area (Å²) in [5.41, 5.74) is 0.674. The minimum atomic E-state index is -0.605. The van der Waals surface area contributed by atoms with Crippen molar-refractivity contribution >= 4 is 5.97 Å². The summed E-state index contributed by atoms with van der Waals surface area (Å²) < 4.78 is 9.97. The van der Waals surface area contributed by atoms with Crippen molar-refractivity contribution in [2.24, 2.45) is 0 Å². The Morgan fingerprint density at radius 1 is 1.09 bits per heavy atom. The summed E-state index contributed by atoms with van der Waals surface area (Å²) in [5, 5.41) is 0. The Morgan fingerprint density at radius 2 is 1.77 bits per heavy atom. The van der Waals surface area contributed by atoms with Crippen molar-refractivity contribution in [3.8, 4) is 6.01 Å². The Kier molecular flexibility index (Phi) is 4.40. The maximum absolute atomic E-state index is 12.0. The number of carbonyl (C=O) groups is 1. The number of aromatic nitrogens is 3. The number of benzene rings is 1. The summed E-state index contributed by atoms with van der Waals surface area (Å²) in [6, 6.07) is 7.53.